The first-order chi connectivity index (χ1) is 24.5. The smallest absolute Gasteiger partial charge is 0.189 e. The number of hydrogen-bond donors (Lipinski definition) is 4. The summed E-state index contributed by atoms with van der Waals surface area (Å²) >= 11 is 1.71. The van der Waals surface area contributed by atoms with Gasteiger partial charge in [-0.3, -0.25) is 9.69 Å². The molecule has 9 atom stereocenters. The van der Waals surface area contributed by atoms with Gasteiger partial charge in [-0.05, 0) is 91.2 Å². The van der Waals surface area contributed by atoms with Crippen LogP contribution in [0.5, 0.6) is 0 Å². The van der Waals surface area contributed by atoms with Crippen LogP contribution in [-0.4, -0.2) is 75.2 Å². The van der Waals surface area contributed by atoms with Crippen LogP contribution in [0.1, 0.15) is 74.0 Å². The number of aliphatic hydroxyl groups is 4. The van der Waals surface area contributed by atoms with Crippen LogP contribution in [0.4, 0.5) is 0 Å². The quantitative estimate of drug-likeness (QED) is 0.126. The van der Waals surface area contributed by atoms with E-state index in [1.54, 1.807) is 11.3 Å². The minimum atomic E-state index is -1.03. The predicted octanol–water partition coefficient (Wildman–Crippen LogP) is 7.09. The molecule has 51 heavy (non-hydrogen) atoms. The van der Waals surface area contributed by atoms with Crippen molar-refractivity contribution in [2.24, 2.45) is 33.5 Å². The predicted molar refractivity (Wildman–Crippen MR) is 202 cm³/mol. The molecule has 2 aromatic carbocycles. The van der Waals surface area contributed by atoms with Crippen molar-refractivity contribution in [3.63, 3.8) is 0 Å². The topological polar surface area (TPSA) is 101 Å². The summed E-state index contributed by atoms with van der Waals surface area (Å²) in [6, 6.07) is 22.4. The molecule has 1 heterocycles. The van der Waals surface area contributed by atoms with Crippen LogP contribution in [0.2, 0.25) is 0 Å². The molecule has 2 bridgehead atoms. The van der Waals surface area contributed by atoms with Gasteiger partial charge in [0.25, 0.3) is 0 Å². The summed E-state index contributed by atoms with van der Waals surface area (Å²) in [4.78, 5) is 18.5. The first kappa shape index (κ1) is 35.1. The van der Waals surface area contributed by atoms with Crippen LogP contribution < -0.4 is 0 Å². The van der Waals surface area contributed by atoms with Crippen LogP contribution in [-0.2, 0) is 6.42 Å². The molecule has 0 saturated heterocycles. The molecule has 0 amide bonds. The Labute approximate surface area is 306 Å². The number of hydrogen-bond acceptors (Lipinski definition) is 7. The molecular formula is C44H53NO5S. The number of ketones is 1. The Bertz CT molecular complexity index is 1810. The maximum absolute atomic E-state index is 15.0. The van der Waals surface area contributed by atoms with E-state index in [0.29, 0.717) is 38.0 Å². The minimum Gasteiger partial charge on any atom is -0.394 e. The largest absolute Gasteiger partial charge is 0.394 e. The minimum absolute atomic E-state index is 0.0488. The Morgan fingerprint density at radius 3 is 2.33 bits per heavy atom. The van der Waals surface area contributed by atoms with E-state index in [-0.39, 0.29) is 35.1 Å². The van der Waals surface area contributed by atoms with Crippen LogP contribution in [0, 0.1) is 33.5 Å². The average Bonchev–Trinajstić information content (AvgIpc) is 3.76. The second-order valence-corrected chi connectivity index (χ2v) is 18.0. The summed E-state index contributed by atoms with van der Waals surface area (Å²) in [6.45, 7) is 5.75. The van der Waals surface area contributed by atoms with Gasteiger partial charge < -0.3 is 20.4 Å². The molecule has 2 spiro atoms. The fraction of sp³-hybridized carbons (Fsp3) is 0.523. The Hall–Kier alpha value is -2.91. The zero-order valence-corrected chi connectivity index (χ0v) is 30.8. The third kappa shape index (κ3) is 5.41. The summed E-state index contributed by atoms with van der Waals surface area (Å²) in [6.07, 6.45) is 12.1. The number of benzene rings is 2. The van der Waals surface area contributed by atoms with Gasteiger partial charge in [-0.1, -0.05) is 92.7 Å². The first-order valence-corrected chi connectivity index (χ1v) is 19.9. The summed E-state index contributed by atoms with van der Waals surface area (Å²) in [5.74, 6) is 0.336. The molecule has 3 saturated carbocycles. The zero-order chi connectivity index (χ0) is 35.6. The lowest BCUT2D eigenvalue weighted by molar-refractivity contribution is -0.177. The van der Waals surface area contributed by atoms with E-state index in [2.05, 4.69) is 66.6 Å². The standard InChI is InChI=1S/C44H53NO5S/c1-40-18-14-33(47)25-42(40)21-22-44(36(26-42)39(49)32-12-10-31(11-13-32)30-7-4-3-5-8-30)37(40)15-19-41(2)38(44)16-20-43(41,50)29-45(27-34(48)28-46)23-17-35-9-6-24-51-35/h3-13,21-22,24,26,33-34,37-38,46-48,50H,14-20,23,25,27-29H2,1-2H3. The van der Waals surface area contributed by atoms with Crippen molar-refractivity contribution in [2.45, 2.75) is 83.0 Å². The molecule has 7 heteroatoms. The summed E-state index contributed by atoms with van der Waals surface area (Å²) in [7, 11) is 0. The van der Waals surface area contributed by atoms with Crippen molar-refractivity contribution < 1.29 is 25.2 Å². The molecule has 6 nitrogen and oxygen atoms in total. The molecule has 270 valence electrons. The van der Waals surface area contributed by atoms with E-state index in [4.69, 9.17) is 0 Å². The van der Waals surface area contributed by atoms with E-state index in [1.807, 2.05) is 42.5 Å². The summed E-state index contributed by atoms with van der Waals surface area (Å²) < 4.78 is 0. The van der Waals surface area contributed by atoms with E-state index in [0.717, 1.165) is 55.2 Å². The monoisotopic (exact) mass is 707 g/mol. The van der Waals surface area contributed by atoms with Crippen molar-refractivity contribution >= 4 is 17.1 Å². The number of thiophene rings is 1. The van der Waals surface area contributed by atoms with Gasteiger partial charge in [0.2, 0.25) is 0 Å². The van der Waals surface area contributed by atoms with Gasteiger partial charge in [0.1, 0.15) is 0 Å². The van der Waals surface area contributed by atoms with Crippen LogP contribution >= 0.6 is 11.3 Å². The molecule has 1 aromatic heterocycles. The van der Waals surface area contributed by atoms with E-state index in [9.17, 15) is 20.4 Å². The van der Waals surface area contributed by atoms with Crippen molar-refractivity contribution in [1.29, 1.82) is 0 Å². The van der Waals surface area contributed by atoms with Gasteiger partial charge in [0.15, 0.2) is 5.78 Å². The van der Waals surface area contributed by atoms with Gasteiger partial charge in [-0.25, -0.2) is 0 Å². The van der Waals surface area contributed by atoms with Gasteiger partial charge >= 0.3 is 0 Å². The van der Waals surface area contributed by atoms with E-state index >= 15 is 4.79 Å². The Morgan fingerprint density at radius 2 is 1.61 bits per heavy atom. The highest BCUT2D eigenvalue weighted by molar-refractivity contribution is 7.09. The summed E-state index contributed by atoms with van der Waals surface area (Å²) in [5, 5.41) is 46.4. The molecule has 4 N–H and O–H groups in total. The molecule has 0 aliphatic heterocycles. The first-order valence-electron chi connectivity index (χ1n) is 19.0. The molecule has 3 fully saturated rings. The molecular weight excluding hydrogens is 655 g/mol. The highest BCUT2D eigenvalue weighted by Gasteiger charge is 2.74. The third-order valence-corrected chi connectivity index (χ3v) is 15.6. The molecule has 3 aromatic rings. The Kier molecular flexibility index (Phi) is 8.88. The van der Waals surface area contributed by atoms with Gasteiger partial charge in [0, 0.05) is 51.9 Å². The second kappa shape index (κ2) is 12.9. The van der Waals surface area contributed by atoms with Gasteiger partial charge in [-0.15, -0.1) is 11.3 Å². The van der Waals surface area contributed by atoms with Crippen LogP contribution in [0.25, 0.3) is 11.1 Å². The lowest BCUT2D eigenvalue weighted by Crippen LogP contribution is -2.67. The van der Waals surface area contributed by atoms with Crippen molar-refractivity contribution in [3.05, 3.63) is 106 Å². The summed E-state index contributed by atoms with van der Waals surface area (Å²) in [5.41, 5.74) is 1.22. The molecule has 9 rings (SSSR count). The lowest BCUT2D eigenvalue weighted by atomic mass is 9.32. The molecule has 9 unspecified atom stereocenters. The Morgan fingerprint density at radius 1 is 0.902 bits per heavy atom. The SMILES string of the molecule is CC12CCC(O)CC13C=CC1(C(C(=O)c4ccc(-c5ccccc5)cc4)=C3)C2CCC2(C)C1CCC2(O)CN(CCc1cccs1)CC(O)CO. The number of rotatable bonds is 11. The highest BCUT2D eigenvalue weighted by atomic mass is 32.1. The number of Topliss-reactive ketones (excluding diaryl/α,β-unsaturated/α-hetero) is 1. The van der Waals surface area contributed by atoms with Crippen molar-refractivity contribution in [2.75, 3.05) is 26.2 Å². The number of aliphatic hydroxyl groups excluding tert-OH is 3. The molecule has 6 aliphatic rings. The number of nitrogens with zero attached hydrogens (tertiary/aromatic N) is 1. The number of allylic oxidation sites excluding steroid dienone is 4. The lowest BCUT2D eigenvalue weighted by Gasteiger charge is -2.71. The fourth-order valence-electron chi connectivity index (χ4n) is 11.9. The van der Waals surface area contributed by atoms with Crippen molar-refractivity contribution in [1.82, 2.24) is 4.90 Å². The maximum Gasteiger partial charge on any atom is 0.189 e. The Balaban J connectivity index is 1.17. The van der Waals surface area contributed by atoms with Gasteiger partial charge in [0.05, 0.1) is 24.4 Å². The number of carbonyl (C=O) groups excluding carboxylic acids is 1. The van der Waals surface area contributed by atoms with E-state index < -0.39 is 28.6 Å². The maximum atomic E-state index is 15.0. The van der Waals surface area contributed by atoms with Crippen LogP contribution in [0.3, 0.4) is 0 Å². The zero-order valence-electron chi connectivity index (χ0n) is 30.0. The van der Waals surface area contributed by atoms with Crippen molar-refractivity contribution in [3.8, 4) is 11.1 Å². The normalized spacial score (nSPS) is 37.1. The van der Waals surface area contributed by atoms with Crippen LogP contribution in [0.15, 0.2) is 95.9 Å². The molecule has 0 radical (unpaired) electrons. The second-order valence-electron chi connectivity index (χ2n) is 17.0. The average molecular weight is 708 g/mol. The molecule has 6 aliphatic carbocycles. The third-order valence-electron chi connectivity index (χ3n) is 14.6. The highest BCUT2D eigenvalue weighted by Crippen LogP contribution is 2.78. The van der Waals surface area contributed by atoms with E-state index in [1.165, 1.54) is 4.88 Å². The number of carbonyl (C=O) groups is 1. The fourth-order valence-corrected chi connectivity index (χ4v) is 12.6. The van der Waals surface area contributed by atoms with Gasteiger partial charge in [-0.2, -0.15) is 0 Å². The number of fused-ring (bicyclic) bond motifs is 1.